The minimum Gasteiger partial charge on any atom is -0.346 e. The lowest BCUT2D eigenvalue weighted by atomic mass is 10.2. The van der Waals surface area contributed by atoms with Crippen molar-refractivity contribution in [2.24, 2.45) is 0 Å². The van der Waals surface area contributed by atoms with Crippen molar-refractivity contribution in [2.45, 2.75) is 45.2 Å². The number of fused-ring (bicyclic) bond motifs is 1. The Morgan fingerprint density at radius 3 is 2.80 bits per heavy atom. The minimum absolute atomic E-state index is 0.126. The lowest BCUT2D eigenvalue weighted by molar-refractivity contribution is 0.0952. The number of aryl methyl sites for hydroxylation is 1. The minimum atomic E-state index is -0.126. The molecule has 0 radical (unpaired) electrons. The number of carbonyl (C=O) groups is 1. The zero-order valence-electron chi connectivity index (χ0n) is 17.0. The number of pyridine rings is 1. The molecule has 1 aliphatic rings. The molecule has 4 aromatic rings. The standard InChI is InChI=1S/C23H24N6O/c1-16-13-25-17(14-24-16)15-26-23(30)19-12-22(28-11-5-4-8-20(19)28)21-9-10-27-29(21)18-6-2-3-7-18/h4-5,8-14,18H,2-3,6-7,15H2,1H3,(H,26,30). The average Bonchev–Trinajstić information content (AvgIpc) is 3.51. The number of hydrogen-bond acceptors (Lipinski definition) is 4. The van der Waals surface area contributed by atoms with Gasteiger partial charge in [-0.05, 0) is 44.0 Å². The first-order valence-electron chi connectivity index (χ1n) is 10.4. The third kappa shape index (κ3) is 3.36. The number of aromatic nitrogens is 5. The van der Waals surface area contributed by atoms with Crippen LogP contribution in [0.2, 0.25) is 0 Å². The molecule has 30 heavy (non-hydrogen) atoms. The molecule has 0 unspecified atom stereocenters. The number of hydrogen-bond donors (Lipinski definition) is 1. The lowest BCUT2D eigenvalue weighted by Gasteiger charge is -2.14. The second kappa shape index (κ2) is 7.74. The topological polar surface area (TPSA) is 77.1 Å². The molecular formula is C23H24N6O. The second-order valence-electron chi connectivity index (χ2n) is 7.83. The van der Waals surface area contributed by atoms with E-state index in [1.165, 1.54) is 12.8 Å². The smallest absolute Gasteiger partial charge is 0.253 e. The number of amides is 1. The van der Waals surface area contributed by atoms with Crippen LogP contribution in [0.3, 0.4) is 0 Å². The summed E-state index contributed by atoms with van der Waals surface area (Å²) in [6, 6.07) is 10.3. The zero-order valence-corrected chi connectivity index (χ0v) is 17.0. The van der Waals surface area contributed by atoms with Crippen LogP contribution in [0.1, 0.15) is 53.5 Å². The molecule has 0 spiro atoms. The largest absolute Gasteiger partial charge is 0.346 e. The Bertz CT molecular complexity index is 1180. The molecule has 1 fully saturated rings. The summed E-state index contributed by atoms with van der Waals surface area (Å²) in [7, 11) is 0. The molecule has 4 heterocycles. The van der Waals surface area contributed by atoms with Crippen molar-refractivity contribution in [1.29, 1.82) is 0 Å². The molecule has 7 heteroatoms. The van der Waals surface area contributed by atoms with E-state index < -0.39 is 0 Å². The maximum Gasteiger partial charge on any atom is 0.253 e. The Kier molecular flexibility index (Phi) is 4.78. The molecule has 0 saturated heterocycles. The van der Waals surface area contributed by atoms with Crippen LogP contribution in [0.25, 0.3) is 16.9 Å². The van der Waals surface area contributed by atoms with Gasteiger partial charge in [0, 0.05) is 18.6 Å². The van der Waals surface area contributed by atoms with E-state index in [0.717, 1.165) is 41.1 Å². The predicted octanol–water partition coefficient (Wildman–Crippen LogP) is 3.95. The quantitative estimate of drug-likeness (QED) is 0.550. The summed E-state index contributed by atoms with van der Waals surface area (Å²) in [5.41, 5.74) is 5.13. The van der Waals surface area contributed by atoms with Crippen molar-refractivity contribution in [2.75, 3.05) is 0 Å². The summed E-state index contributed by atoms with van der Waals surface area (Å²) in [6.07, 6.45) is 12.1. The summed E-state index contributed by atoms with van der Waals surface area (Å²) in [5, 5.41) is 7.58. The molecule has 0 atom stereocenters. The summed E-state index contributed by atoms with van der Waals surface area (Å²) >= 11 is 0. The van der Waals surface area contributed by atoms with Crippen molar-refractivity contribution >= 4 is 11.4 Å². The van der Waals surface area contributed by atoms with E-state index in [1.54, 1.807) is 12.4 Å². The highest BCUT2D eigenvalue weighted by Crippen LogP contribution is 2.34. The van der Waals surface area contributed by atoms with Gasteiger partial charge in [0.25, 0.3) is 5.91 Å². The summed E-state index contributed by atoms with van der Waals surface area (Å²) in [5.74, 6) is -0.126. The fraction of sp³-hybridized carbons (Fsp3) is 0.304. The Labute approximate surface area is 174 Å². The fourth-order valence-corrected chi connectivity index (χ4v) is 4.27. The molecule has 1 saturated carbocycles. The summed E-state index contributed by atoms with van der Waals surface area (Å²) in [6.45, 7) is 2.23. The van der Waals surface area contributed by atoms with Crippen molar-refractivity contribution in [3.63, 3.8) is 0 Å². The van der Waals surface area contributed by atoms with Gasteiger partial charge in [-0.25, -0.2) is 0 Å². The number of nitrogens with zero attached hydrogens (tertiary/aromatic N) is 5. The van der Waals surface area contributed by atoms with Gasteiger partial charge in [0.1, 0.15) is 0 Å². The second-order valence-corrected chi connectivity index (χ2v) is 7.83. The highest BCUT2D eigenvalue weighted by Gasteiger charge is 2.23. The van der Waals surface area contributed by atoms with Crippen LogP contribution in [0.15, 0.2) is 55.1 Å². The number of nitrogens with one attached hydrogen (secondary N) is 1. The first-order chi connectivity index (χ1) is 14.7. The molecule has 1 N–H and O–H groups in total. The predicted molar refractivity (Wildman–Crippen MR) is 114 cm³/mol. The van der Waals surface area contributed by atoms with Gasteiger partial charge < -0.3 is 9.72 Å². The van der Waals surface area contributed by atoms with Crippen molar-refractivity contribution in [3.8, 4) is 11.4 Å². The average molecular weight is 400 g/mol. The molecule has 1 amide bonds. The number of carbonyl (C=O) groups excluding carboxylic acids is 1. The van der Waals surface area contributed by atoms with Crippen molar-refractivity contribution < 1.29 is 4.79 Å². The van der Waals surface area contributed by atoms with Crippen LogP contribution in [-0.4, -0.2) is 30.1 Å². The van der Waals surface area contributed by atoms with Crippen LogP contribution >= 0.6 is 0 Å². The van der Waals surface area contributed by atoms with Crippen LogP contribution in [0.4, 0.5) is 0 Å². The Balaban J connectivity index is 1.48. The van der Waals surface area contributed by atoms with E-state index in [0.29, 0.717) is 18.2 Å². The first-order valence-corrected chi connectivity index (χ1v) is 10.4. The van der Waals surface area contributed by atoms with Gasteiger partial charge in [-0.1, -0.05) is 18.9 Å². The van der Waals surface area contributed by atoms with Crippen LogP contribution in [0.5, 0.6) is 0 Å². The Morgan fingerprint density at radius 1 is 1.13 bits per heavy atom. The van der Waals surface area contributed by atoms with E-state index in [4.69, 9.17) is 0 Å². The summed E-state index contributed by atoms with van der Waals surface area (Å²) < 4.78 is 4.20. The lowest BCUT2D eigenvalue weighted by Crippen LogP contribution is -2.23. The number of rotatable bonds is 5. The van der Waals surface area contributed by atoms with Gasteiger partial charge in [0.05, 0.1) is 52.6 Å². The third-order valence-corrected chi connectivity index (χ3v) is 5.79. The molecule has 0 aliphatic heterocycles. The molecule has 0 bridgehead atoms. The Morgan fingerprint density at radius 2 is 2.00 bits per heavy atom. The van der Waals surface area contributed by atoms with Gasteiger partial charge in [-0.15, -0.1) is 0 Å². The van der Waals surface area contributed by atoms with Gasteiger partial charge in [-0.2, -0.15) is 5.10 Å². The van der Waals surface area contributed by atoms with Crippen LogP contribution in [-0.2, 0) is 6.54 Å². The van der Waals surface area contributed by atoms with Crippen molar-refractivity contribution in [3.05, 3.63) is 72.1 Å². The fourth-order valence-electron chi connectivity index (χ4n) is 4.27. The summed E-state index contributed by atoms with van der Waals surface area (Å²) in [4.78, 5) is 21.6. The van der Waals surface area contributed by atoms with Gasteiger partial charge in [0.15, 0.2) is 0 Å². The van der Waals surface area contributed by atoms with Crippen molar-refractivity contribution in [1.82, 2.24) is 29.5 Å². The Hall–Kier alpha value is -3.48. The molecule has 7 nitrogen and oxygen atoms in total. The van der Waals surface area contributed by atoms with E-state index in [2.05, 4.69) is 29.5 Å². The SMILES string of the molecule is Cc1cnc(CNC(=O)c2cc(-c3ccnn3C3CCCC3)n3ccccc23)cn1. The monoisotopic (exact) mass is 400 g/mol. The molecule has 1 aliphatic carbocycles. The van der Waals surface area contributed by atoms with Gasteiger partial charge >= 0.3 is 0 Å². The molecule has 152 valence electrons. The molecular weight excluding hydrogens is 376 g/mol. The molecule has 5 rings (SSSR count). The van der Waals surface area contributed by atoms with Gasteiger partial charge in [0.2, 0.25) is 0 Å². The normalized spacial score (nSPS) is 14.4. The highest BCUT2D eigenvalue weighted by molar-refractivity contribution is 6.02. The molecule has 0 aromatic carbocycles. The first kappa shape index (κ1) is 18.5. The zero-order chi connectivity index (χ0) is 20.5. The van der Waals surface area contributed by atoms with Crippen LogP contribution < -0.4 is 5.32 Å². The third-order valence-electron chi connectivity index (χ3n) is 5.79. The van der Waals surface area contributed by atoms with Crippen LogP contribution in [0, 0.1) is 6.92 Å². The van der Waals surface area contributed by atoms with E-state index in [1.807, 2.05) is 49.6 Å². The van der Waals surface area contributed by atoms with Gasteiger partial charge in [-0.3, -0.25) is 19.4 Å². The maximum absolute atomic E-state index is 13.0. The van der Waals surface area contributed by atoms with E-state index in [-0.39, 0.29) is 5.91 Å². The van der Waals surface area contributed by atoms with E-state index in [9.17, 15) is 4.79 Å². The van der Waals surface area contributed by atoms with E-state index >= 15 is 0 Å². The molecule has 4 aromatic heterocycles. The maximum atomic E-state index is 13.0. The highest BCUT2D eigenvalue weighted by atomic mass is 16.1.